The van der Waals surface area contributed by atoms with Gasteiger partial charge in [0.05, 0.1) is 11.3 Å². The third kappa shape index (κ3) is 6.23. The number of sulfonamides is 1. The summed E-state index contributed by atoms with van der Waals surface area (Å²) in [5.41, 5.74) is 5.18. The first-order chi connectivity index (χ1) is 24.8. The van der Waals surface area contributed by atoms with Gasteiger partial charge in [-0.25, -0.2) is 13.2 Å². The van der Waals surface area contributed by atoms with Crippen LogP contribution in [0.15, 0.2) is 42.5 Å². The number of benzene rings is 1. The summed E-state index contributed by atoms with van der Waals surface area (Å²) in [6.07, 6.45) is 13.6. The molecule has 0 spiro atoms. The lowest BCUT2D eigenvalue weighted by molar-refractivity contribution is -0.226. The fourth-order valence-corrected chi connectivity index (χ4v) is 16.1. The van der Waals surface area contributed by atoms with Gasteiger partial charge in [0.1, 0.15) is 0 Å². The second-order valence-electron chi connectivity index (χ2n) is 20.2. The number of nitrogens with zero attached hydrogens (tertiary/aromatic N) is 3. The van der Waals surface area contributed by atoms with E-state index in [1.54, 1.807) is 16.4 Å². The number of carboxylic acids is 1. The minimum atomic E-state index is -3.26. The van der Waals surface area contributed by atoms with Crippen molar-refractivity contribution in [2.75, 3.05) is 59.1 Å². The number of carboxylic acid groups (broad SMARTS) is 1. The minimum absolute atomic E-state index is 0.00252. The average Bonchev–Trinajstić information content (AvgIpc) is 3.47. The molecule has 7 nitrogen and oxygen atoms in total. The smallest absolute Gasteiger partial charge is 0.335 e. The zero-order valence-corrected chi connectivity index (χ0v) is 35.0. The molecule has 9 unspecified atom stereocenters. The van der Waals surface area contributed by atoms with Crippen LogP contribution in [0.3, 0.4) is 0 Å². The van der Waals surface area contributed by atoms with Crippen LogP contribution in [0.25, 0.3) is 5.57 Å². The molecule has 9 atom stereocenters. The van der Waals surface area contributed by atoms with Gasteiger partial charge in [-0.05, 0) is 159 Å². The fraction of sp³-hybridized carbons (Fsp3) is 0.756. The Morgan fingerprint density at radius 1 is 0.906 bits per heavy atom. The van der Waals surface area contributed by atoms with E-state index < -0.39 is 16.0 Å². The number of allylic oxidation sites excluding steroid dienone is 3. The average molecular weight is 748 g/mol. The van der Waals surface area contributed by atoms with Gasteiger partial charge in [-0.15, -0.1) is 0 Å². The number of fused-ring (bicyclic) bond motifs is 7. The lowest BCUT2D eigenvalue weighted by atomic mass is 9.32. The topological polar surface area (TPSA) is 81.2 Å². The Morgan fingerprint density at radius 3 is 2.23 bits per heavy atom. The first kappa shape index (κ1) is 39.2. The van der Waals surface area contributed by atoms with Crippen LogP contribution in [0, 0.1) is 56.7 Å². The Kier molecular flexibility index (Phi) is 10.1. The van der Waals surface area contributed by atoms with Crippen LogP contribution in [0.1, 0.15) is 115 Å². The molecule has 1 saturated heterocycles. The molecule has 1 aromatic carbocycles. The van der Waals surface area contributed by atoms with Gasteiger partial charge in [0, 0.05) is 39.3 Å². The minimum Gasteiger partial charge on any atom is -0.478 e. The van der Waals surface area contributed by atoms with Gasteiger partial charge >= 0.3 is 5.97 Å². The molecular weight excluding hydrogens is 679 g/mol. The van der Waals surface area contributed by atoms with Crippen LogP contribution in [-0.2, 0) is 10.0 Å². The maximum absolute atomic E-state index is 13.4. The molecule has 6 aliphatic rings. The number of piperazine rings is 1. The van der Waals surface area contributed by atoms with Crippen LogP contribution in [-0.4, -0.2) is 92.7 Å². The Labute approximate surface area is 321 Å². The van der Waals surface area contributed by atoms with Crippen molar-refractivity contribution in [1.29, 1.82) is 0 Å². The molecule has 0 aromatic heterocycles. The highest BCUT2D eigenvalue weighted by Crippen LogP contribution is 2.77. The van der Waals surface area contributed by atoms with E-state index >= 15 is 0 Å². The van der Waals surface area contributed by atoms with Crippen molar-refractivity contribution in [3.05, 3.63) is 53.6 Å². The number of hydrogen-bond acceptors (Lipinski definition) is 5. The predicted octanol–water partition coefficient (Wildman–Crippen LogP) is 8.54. The molecule has 4 saturated carbocycles. The highest BCUT2D eigenvalue weighted by Gasteiger charge is 2.70. The van der Waals surface area contributed by atoms with Crippen molar-refractivity contribution in [2.24, 2.45) is 56.7 Å². The summed E-state index contributed by atoms with van der Waals surface area (Å²) in [6.45, 7) is 24.3. The maximum atomic E-state index is 13.4. The molecule has 1 N–H and O–H groups in total. The van der Waals surface area contributed by atoms with Crippen LogP contribution in [0.2, 0.25) is 0 Å². The van der Waals surface area contributed by atoms with Gasteiger partial charge in [-0.2, -0.15) is 4.31 Å². The van der Waals surface area contributed by atoms with E-state index in [1.165, 1.54) is 68.1 Å². The van der Waals surface area contributed by atoms with E-state index in [0.29, 0.717) is 54.8 Å². The summed E-state index contributed by atoms with van der Waals surface area (Å²) < 4.78 is 28.5. The van der Waals surface area contributed by atoms with E-state index in [4.69, 9.17) is 0 Å². The zero-order chi connectivity index (χ0) is 38.4. The van der Waals surface area contributed by atoms with Crippen LogP contribution in [0.5, 0.6) is 0 Å². The number of aromatic carboxylic acids is 1. The molecule has 1 aromatic rings. The summed E-state index contributed by atoms with van der Waals surface area (Å²) >= 11 is 0. The molecule has 7 rings (SSSR count). The number of likely N-dealkylation sites (N-methyl/N-ethyl adjacent to an activating group) is 1. The van der Waals surface area contributed by atoms with E-state index in [9.17, 15) is 18.3 Å². The van der Waals surface area contributed by atoms with Gasteiger partial charge in [0.25, 0.3) is 0 Å². The number of rotatable bonds is 9. The van der Waals surface area contributed by atoms with E-state index in [0.717, 1.165) is 26.1 Å². The predicted molar refractivity (Wildman–Crippen MR) is 216 cm³/mol. The summed E-state index contributed by atoms with van der Waals surface area (Å²) in [5.74, 6) is 2.35. The molecule has 1 heterocycles. The fourth-order valence-electron chi connectivity index (χ4n) is 14.5. The largest absolute Gasteiger partial charge is 0.478 e. The van der Waals surface area contributed by atoms with Gasteiger partial charge in [0.2, 0.25) is 10.0 Å². The number of hydrogen-bond donors (Lipinski definition) is 1. The van der Waals surface area contributed by atoms with Crippen LogP contribution in [0.4, 0.5) is 0 Å². The Hall–Kier alpha value is -2.00. The summed E-state index contributed by atoms with van der Waals surface area (Å²) in [6, 6.07) is 7.58. The molecule has 5 aliphatic carbocycles. The summed E-state index contributed by atoms with van der Waals surface area (Å²) in [4.78, 5) is 16.2. The Bertz CT molecular complexity index is 1730. The SMILES string of the molecule is C=C(C)C1CCC2(CN(C)CCS(=O)(=O)N3CCN(C)CC3)CCC3(C)C(CCC4C5(C)CC=C(c6ccc(C(=O)O)cc6)C(C)(C)C5CCC43C)C12. The molecule has 0 radical (unpaired) electrons. The Morgan fingerprint density at radius 2 is 1.58 bits per heavy atom. The standard InChI is InChI=1S/C45H69N3O4S/c1-31(2)34-16-21-45(30-47(9)28-29-53(51,52)48-26-24-46(8)25-27-48)23-22-43(6)36(39(34)45)14-15-38-42(5)19-17-35(32-10-12-33(13-11-32)40(49)50)41(3,4)37(42)18-20-44(38,43)7/h10-13,17,34,36-39H,1,14-16,18-30H2,2-9H3,(H,49,50). The van der Waals surface area contributed by atoms with E-state index in [1.807, 2.05) is 12.1 Å². The molecule has 8 heteroatoms. The maximum Gasteiger partial charge on any atom is 0.335 e. The quantitative estimate of drug-likeness (QED) is 0.255. The van der Waals surface area contributed by atoms with Gasteiger partial charge in [-0.3, -0.25) is 0 Å². The molecule has 53 heavy (non-hydrogen) atoms. The highest BCUT2D eigenvalue weighted by molar-refractivity contribution is 7.89. The third-order valence-electron chi connectivity index (χ3n) is 17.4. The first-order valence-corrected chi connectivity index (χ1v) is 22.4. The second-order valence-corrected chi connectivity index (χ2v) is 22.3. The highest BCUT2D eigenvalue weighted by atomic mass is 32.2. The molecular formula is C45H69N3O4S. The van der Waals surface area contributed by atoms with Crippen molar-refractivity contribution < 1.29 is 18.3 Å². The van der Waals surface area contributed by atoms with Gasteiger partial charge in [0.15, 0.2) is 0 Å². The van der Waals surface area contributed by atoms with Crippen molar-refractivity contribution in [3.8, 4) is 0 Å². The van der Waals surface area contributed by atoms with Crippen LogP contribution < -0.4 is 0 Å². The zero-order valence-electron chi connectivity index (χ0n) is 34.2. The second kappa shape index (κ2) is 13.6. The monoisotopic (exact) mass is 748 g/mol. The molecule has 5 fully saturated rings. The molecule has 294 valence electrons. The lowest BCUT2D eigenvalue weighted by Gasteiger charge is -2.72. The van der Waals surface area contributed by atoms with Crippen molar-refractivity contribution in [3.63, 3.8) is 0 Å². The van der Waals surface area contributed by atoms with E-state index in [2.05, 4.69) is 78.1 Å². The normalized spacial score (nSPS) is 40.1. The molecule has 0 bridgehead atoms. The Balaban J connectivity index is 1.13. The first-order valence-electron chi connectivity index (χ1n) is 20.8. The van der Waals surface area contributed by atoms with Gasteiger partial charge in [-0.1, -0.05) is 65.0 Å². The van der Waals surface area contributed by atoms with Crippen molar-refractivity contribution in [2.45, 2.75) is 99.3 Å². The lowest BCUT2D eigenvalue weighted by Crippen LogP contribution is -2.66. The molecule has 0 amide bonds. The summed E-state index contributed by atoms with van der Waals surface area (Å²) in [5, 5.41) is 9.51. The number of carbonyl (C=O) groups is 1. The third-order valence-corrected chi connectivity index (χ3v) is 19.3. The molecule has 1 aliphatic heterocycles. The van der Waals surface area contributed by atoms with E-state index in [-0.39, 0.29) is 32.8 Å². The summed E-state index contributed by atoms with van der Waals surface area (Å²) in [7, 11) is 0.984. The van der Waals surface area contributed by atoms with Gasteiger partial charge < -0.3 is 14.9 Å². The van der Waals surface area contributed by atoms with Crippen molar-refractivity contribution in [1.82, 2.24) is 14.1 Å². The van der Waals surface area contributed by atoms with Crippen molar-refractivity contribution >= 4 is 21.6 Å². The van der Waals surface area contributed by atoms with Crippen LogP contribution >= 0.6 is 0 Å².